The van der Waals surface area contributed by atoms with Crippen molar-refractivity contribution >= 4 is 11.6 Å². The van der Waals surface area contributed by atoms with Crippen molar-refractivity contribution in [2.24, 2.45) is 5.73 Å². The minimum absolute atomic E-state index is 0.137. The highest BCUT2D eigenvalue weighted by molar-refractivity contribution is 6.31. The Balaban J connectivity index is 2.21. The second-order valence-electron chi connectivity index (χ2n) is 4.30. The Hall–Kier alpha value is -1.39. The van der Waals surface area contributed by atoms with Crippen LogP contribution in [0.4, 0.5) is 0 Å². The van der Waals surface area contributed by atoms with E-state index in [4.69, 9.17) is 17.3 Å². The lowest BCUT2D eigenvalue weighted by molar-refractivity contribution is 0.587. The summed E-state index contributed by atoms with van der Waals surface area (Å²) >= 11 is 6.10. The molecule has 2 heterocycles. The van der Waals surface area contributed by atoms with Gasteiger partial charge in [-0.1, -0.05) is 11.6 Å². The third-order valence-corrected chi connectivity index (χ3v) is 3.23. The molecule has 0 bridgehead atoms. The van der Waals surface area contributed by atoms with Crippen LogP contribution in [-0.4, -0.2) is 14.8 Å². The summed E-state index contributed by atoms with van der Waals surface area (Å²) in [5.41, 5.74) is 9.28. The summed E-state index contributed by atoms with van der Waals surface area (Å²) in [6, 6.07) is 3.80. The molecule has 0 aliphatic heterocycles. The average molecular weight is 265 g/mol. The Labute approximate surface area is 112 Å². The monoisotopic (exact) mass is 264 g/mol. The van der Waals surface area contributed by atoms with Gasteiger partial charge in [0.15, 0.2) is 0 Å². The molecule has 0 aliphatic rings. The summed E-state index contributed by atoms with van der Waals surface area (Å²) in [5.74, 6) is 0. The van der Waals surface area contributed by atoms with Crippen LogP contribution in [0.1, 0.15) is 29.9 Å². The molecule has 5 heteroatoms. The zero-order valence-electron chi connectivity index (χ0n) is 10.6. The van der Waals surface area contributed by atoms with Gasteiger partial charge < -0.3 is 5.73 Å². The average Bonchev–Trinajstić information content (AvgIpc) is 2.70. The molecule has 0 aromatic carbocycles. The van der Waals surface area contributed by atoms with Crippen LogP contribution in [0.15, 0.2) is 24.5 Å². The lowest BCUT2D eigenvalue weighted by Crippen LogP contribution is -2.16. The number of pyridine rings is 1. The van der Waals surface area contributed by atoms with Gasteiger partial charge in [-0.05, 0) is 31.5 Å². The van der Waals surface area contributed by atoms with E-state index in [-0.39, 0.29) is 6.04 Å². The van der Waals surface area contributed by atoms with E-state index in [0.717, 1.165) is 29.9 Å². The Morgan fingerprint density at radius 3 is 2.94 bits per heavy atom. The van der Waals surface area contributed by atoms with Crippen LogP contribution >= 0.6 is 11.6 Å². The Morgan fingerprint density at radius 1 is 1.50 bits per heavy atom. The van der Waals surface area contributed by atoms with E-state index in [0.29, 0.717) is 5.02 Å². The predicted octanol–water partition coefficient (Wildman–Crippen LogP) is 2.50. The van der Waals surface area contributed by atoms with Gasteiger partial charge in [-0.15, -0.1) is 0 Å². The van der Waals surface area contributed by atoms with Gasteiger partial charge in [0.2, 0.25) is 0 Å². The summed E-state index contributed by atoms with van der Waals surface area (Å²) < 4.78 is 1.98. The maximum Gasteiger partial charge on any atom is 0.0637 e. The fourth-order valence-electron chi connectivity index (χ4n) is 2.06. The van der Waals surface area contributed by atoms with E-state index in [9.17, 15) is 0 Å². The van der Waals surface area contributed by atoms with Gasteiger partial charge >= 0.3 is 0 Å². The zero-order valence-corrected chi connectivity index (χ0v) is 11.4. The van der Waals surface area contributed by atoms with Crippen LogP contribution in [0.3, 0.4) is 0 Å². The number of nitrogens with zero attached hydrogens (tertiary/aromatic N) is 3. The SMILES string of the molecule is CCn1nc(C)cc1CC(N)c1ccncc1Cl. The van der Waals surface area contributed by atoms with Gasteiger partial charge in [-0.25, -0.2) is 0 Å². The Bertz CT molecular complexity index is 536. The molecule has 1 atom stereocenters. The lowest BCUT2D eigenvalue weighted by Gasteiger charge is -2.14. The van der Waals surface area contributed by atoms with Gasteiger partial charge in [-0.3, -0.25) is 9.67 Å². The van der Waals surface area contributed by atoms with Gasteiger partial charge in [-0.2, -0.15) is 5.10 Å². The van der Waals surface area contributed by atoms with Crippen molar-refractivity contribution in [1.82, 2.24) is 14.8 Å². The van der Waals surface area contributed by atoms with Crippen molar-refractivity contribution in [3.8, 4) is 0 Å². The number of hydrogen-bond acceptors (Lipinski definition) is 3. The highest BCUT2D eigenvalue weighted by Crippen LogP contribution is 2.23. The smallest absolute Gasteiger partial charge is 0.0637 e. The molecule has 2 rings (SSSR count). The number of aromatic nitrogens is 3. The van der Waals surface area contributed by atoms with Crippen molar-refractivity contribution in [2.45, 2.75) is 32.9 Å². The van der Waals surface area contributed by atoms with Crippen molar-refractivity contribution < 1.29 is 0 Å². The van der Waals surface area contributed by atoms with E-state index in [2.05, 4.69) is 23.1 Å². The molecular formula is C13H17ClN4. The summed E-state index contributed by atoms with van der Waals surface area (Å²) in [5, 5.41) is 5.03. The first-order valence-corrected chi connectivity index (χ1v) is 6.38. The first-order valence-electron chi connectivity index (χ1n) is 6.00. The Kier molecular flexibility index (Phi) is 3.99. The molecule has 2 aromatic heterocycles. The number of halogens is 1. The van der Waals surface area contributed by atoms with Gasteiger partial charge in [0.05, 0.1) is 10.7 Å². The predicted molar refractivity (Wildman–Crippen MR) is 72.5 cm³/mol. The molecule has 0 spiro atoms. The molecule has 0 saturated heterocycles. The van der Waals surface area contributed by atoms with E-state index in [1.807, 2.05) is 17.7 Å². The normalized spacial score (nSPS) is 12.7. The highest BCUT2D eigenvalue weighted by Gasteiger charge is 2.14. The molecule has 4 nitrogen and oxygen atoms in total. The van der Waals surface area contributed by atoms with E-state index in [1.54, 1.807) is 12.4 Å². The number of rotatable bonds is 4. The van der Waals surface area contributed by atoms with Crippen molar-refractivity contribution in [3.63, 3.8) is 0 Å². The zero-order chi connectivity index (χ0) is 13.1. The standard InChI is InChI=1S/C13H17ClN4/c1-3-18-10(6-9(2)17-18)7-13(15)11-4-5-16-8-12(11)14/h4-6,8,13H,3,7,15H2,1-2H3. The number of nitrogens with two attached hydrogens (primary N) is 1. The first-order chi connectivity index (χ1) is 8.61. The van der Waals surface area contributed by atoms with Crippen molar-refractivity contribution in [2.75, 3.05) is 0 Å². The molecular weight excluding hydrogens is 248 g/mol. The van der Waals surface area contributed by atoms with Gasteiger partial charge in [0.25, 0.3) is 0 Å². The van der Waals surface area contributed by atoms with E-state index >= 15 is 0 Å². The Morgan fingerprint density at radius 2 is 2.28 bits per heavy atom. The lowest BCUT2D eigenvalue weighted by atomic mass is 10.0. The first kappa shape index (κ1) is 13.1. The summed E-state index contributed by atoms with van der Waals surface area (Å²) in [7, 11) is 0. The third kappa shape index (κ3) is 2.71. The molecule has 0 radical (unpaired) electrons. The van der Waals surface area contributed by atoms with Gasteiger partial charge in [0, 0.05) is 37.1 Å². The number of hydrogen-bond donors (Lipinski definition) is 1. The maximum absolute atomic E-state index is 6.21. The molecule has 0 aliphatic carbocycles. The fourth-order valence-corrected chi connectivity index (χ4v) is 2.32. The van der Waals surface area contributed by atoms with Gasteiger partial charge in [0.1, 0.15) is 0 Å². The van der Waals surface area contributed by atoms with Crippen molar-refractivity contribution in [3.05, 3.63) is 46.5 Å². The minimum atomic E-state index is -0.137. The largest absolute Gasteiger partial charge is 0.324 e. The molecule has 18 heavy (non-hydrogen) atoms. The van der Waals surface area contributed by atoms with Crippen molar-refractivity contribution in [1.29, 1.82) is 0 Å². The fraction of sp³-hybridized carbons (Fsp3) is 0.385. The van der Waals surface area contributed by atoms with Crippen LogP contribution in [0.5, 0.6) is 0 Å². The van der Waals surface area contributed by atoms with E-state index < -0.39 is 0 Å². The molecule has 2 aromatic rings. The van der Waals surface area contributed by atoms with Crippen LogP contribution in [0.2, 0.25) is 5.02 Å². The topological polar surface area (TPSA) is 56.7 Å². The molecule has 1 unspecified atom stereocenters. The van der Waals surface area contributed by atoms with Crippen LogP contribution in [0.25, 0.3) is 0 Å². The maximum atomic E-state index is 6.21. The third-order valence-electron chi connectivity index (χ3n) is 2.92. The summed E-state index contributed by atoms with van der Waals surface area (Å²) in [6.45, 7) is 4.90. The van der Waals surface area contributed by atoms with Crippen LogP contribution < -0.4 is 5.73 Å². The molecule has 0 amide bonds. The highest BCUT2D eigenvalue weighted by atomic mass is 35.5. The molecule has 0 fully saturated rings. The number of aryl methyl sites for hydroxylation is 2. The summed E-state index contributed by atoms with van der Waals surface area (Å²) in [6.07, 6.45) is 4.06. The molecule has 0 saturated carbocycles. The second kappa shape index (κ2) is 5.50. The van der Waals surface area contributed by atoms with Crippen LogP contribution in [-0.2, 0) is 13.0 Å². The summed E-state index contributed by atoms with van der Waals surface area (Å²) in [4.78, 5) is 3.97. The quantitative estimate of drug-likeness (QED) is 0.923. The van der Waals surface area contributed by atoms with E-state index in [1.165, 1.54) is 0 Å². The molecule has 96 valence electrons. The van der Waals surface area contributed by atoms with Crippen LogP contribution in [0, 0.1) is 6.92 Å². The second-order valence-corrected chi connectivity index (χ2v) is 4.71. The molecule has 2 N–H and O–H groups in total. The minimum Gasteiger partial charge on any atom is -0.324 e.